The van der Waals surface area contributed by atoms with E-state index < -0.39 is 0 Å². The number of carbonyl (C=O) groups excluding carboxylic acids is 2. The molecule has 0 aromatic heterocycles. The minimum Gasteiger partial charge on any atom is -0.339 e. The lowest BCUT2D eigenvalue weighted by atomic mass is 10.1. The fourth-order valence-corrected chi connectivity index (χ4v) is 2.47. The second kappa shape index (κ2) is 8.17. The van der Waals surface area contributed by atoms with Crippen LogP contribution in [0, 0.1) is 0 Å². The van der Waals surface area contributed by atoms with Gasteiger partial charge >= 0.3 is 0 Å². The van der Waals surface area contributed by atoms with Gasteiger partial charge in [-0.1, -0.05) is 30.4 Å². The number of benzene rings is 1. The molecule has 1 N–H and O–H groups in total. The van der Waals surface area contributed by atoms with Gasteiger partial charge in [-0.3, -0.25) is 9.59 Å². The molecule has 0 atom stereocenters. The summed E-state index contributed by atoms with van der Waals surface area (Å²) in [5.74, 6) is -0.245. The fourth-order valence-electron chi connectivity index (χ4n) is 2.47. The van der Waals surface area contributed by atoms with E-state index in [-0.39, 0.29) is 11.8 Å². The number of likely N-dealkylation sites (tertiary alicyclic amines) is 1. The van der Waals surface area contributed by atoms with Gasteiger partial charge in [-0.15, -0.1) is 0 Å². The van der Waals surface area contributed by atoms with E-state index >= 15 is 0 Å². The standard InChI is InChI=1S/C18H22N2O2/c1-2-3-5-12-17(21)19-16-11-7-6-10-15(16)18(22)20-13-8-4-9-14-20/h2-3,5-7,10-12H,4,8-9,13-14H2,1H3,(H,19,21). The maximum absolute atomic E-state index is 12.6. The number of amides is 2. The van der Waals surface area contributed by atoms with E-state index in [1.165, 1.54) is 12.5 Å². The van der Waals surface area contributed by atoms with Gasteiger partial charge in [0.15, 0.2) is 0 Å². The Kier molecular flexibility index (Phi) is 5.95. The van der Waals surface area contributed by atoms with Crippen LogP contribution in [0.2, 0.25) is 0 Å². The lowest BCUT2D eigenvalue weighted by Crippen LogP contribution is -2.36. The number of nitrogens with zero attached hydrogens (tertiary/aromatic N) is 1. The van der Waals surface area contributed by atoms with Crippen LogP contribution in [0.1, 0.15) is 36.5 Å². The molecule has 0 spiro atoms. The van der Waals surface area contributed by atoms with Gasteiger partial charge in [0.05, 0.1) is 11.3 Å². The third-order valence-electron chi connectivity index (χ3n) is 3.61. The summed E-state index contributed by atoms with van der Waals surface area (Å²) in [5, 5.41) is 2.78. The van der Waals surface area contributed by atoms with Gasteiger partial charge in [0.1, 0.15) is 0 Å². The Balaban J connectivity index is 2.12. The molecule has 0 radical (unpaired) electrons. The van der Waals surface area contributed by atoms with Crippen molar-refractivity contribution in [3.63, 3.8) is 0 Å². The van der Waals surface area contributed by atoms with Gasteiger partial charge in [-0.2, -0.15) is 0 Å². The normalized spacial score (nSPS) is 15.4. The van der Waals surface area contributed by atoms with Gasteiger partial charge in [0.2, 0.25) is 5.91 Å². The van der Waals surface area contributed by atoms with Gasteiger partial charge in [0, 0.05) is 19.2 Å². The largest absolute Gasteiger partial charge is 0.339 e. The van der Waals surface area contributed by atoms with E-state index in [1.807, 2.05) is 30.0 Å². The number of para-hydroxylation sites is 1. The van der Waals surface area contributed by atoms with Crippen LogP contribution in [0.25, 0.3) is 0 Å². The molecule has 0 bridgehead atoms. The monoisotopic (exact) mass is 298 g/mol. The molecule has 1 aliphatic heterocycles. The highest BCUT2D eigenvalue weighted by Gasteiger charge is 2.20. The lowest BCUT2D eigenvalue weighted by Gasteiger charge is -2.27. The highest BCUT2D eigenvalue weighted by molar-refractivity contribution is 6.06. The van der Waals surface area contributed by atoms with Crippen LogP contribution in [-0.4, -0.2) is 29.8 Å². The topological polar surface area (TPSA) is 49.4 Å². The maximum atomic E-state index is 12.6. The molecule has 0 unspecified atom stereocenters. The van der Waals surface area contributed by atoms with E-state index in [4.69, 9.17) is 0 Å². The summed E-state index contributed by atoms with van der Waals surface area (Å²) >= 11 is 0. The summed E-state index contributed by atoms with van der Waals surface area (Å²) in [6.45, 7) is 3.47. The van der Waals surface area contributed by atoms with Crippen molar-refractivity contribution >= 4 is 17.5 Å². The predicted octanol–water partition coefficient (Wildman–Crippen LogP) is 3.38. The van der Waals surface area contributed by atoms with E-state index in [9.17, 15) is 9.59 Å². The number of hydrogen-bond donors (Lipinski definition) is 1. The van der Waals surface area contributed by atoms with Gasteiger partial charge in [-0.25, -0.2) is 0 Å². The number of rotatable bonds is 4. The van der Waals surface area contributed by atoms with Gasteiger partial charge < -0.3 is 10.2 Å². The smallest absolute Gasteiger partial charge is 0.255 e. The highest BCUT2D eigenvalue weighted by atomic mass is 16.2. The van der Waals surface area contributed by atoms with Crippen LogP contribution in [0.3, 0.4) is 0 Å². The van der Waals surface area contributed by atoms with Crippen LogP contribution in [0.4, 0.5) is 5.69 Å². The minimum atomic E-state index is -0.239. The third kappa shape index (κ3) is 4.32. The molecule has 0 aliphatic carbocycles. The molecule has 116 valence electrons. The van der Waals surface area contributed by atoms with Gasteiger partial charge in [-0.05, 0) is 38.3 Å². The van der Waals surface area contributed by atoms with Crippen molar-refractivity contribution in [1.29, 1.82) is 0 Å². The maximum Gasteiger partial charge on any atom is 0.255 e. The van der Waals surface area contributed by atoms with E-state index in [0.717, 1.165) is 25.9 Å². The first kappa shape index (κ1) is 16.0. The summed E-state index contributed by atoms with van der Waals surface area (Å²) in [6.07, 6.45) is 10.0. The Labute approximate surface area is 131 Å². The van der Waals surface area contributed by atoms with Crippen molar-refractivity contribution in [3.05, 3.63) is 54.1 Å². The van der Waals surface area contributed by atoms with Crippen LogP contribution >= 0.6 is 0 Å². The number of nitrogens with one attached hydrogen (secondary N) is 1. The molecule has 1 aliphatic rings. The van der Waals surface area contributed by atoms with Crippen molar-refractivity contribution in [2.24, 2.45) is 0 Å². The lowest BCUT2D eigenvalue weighted by molar-refractivity contribution is -0.111. The molecule has 2 amide bonds. The molecule has 1 saturated heterocycles. The van der Waals surface area contributed by atoms with E-state index in [0.29, 0.717) is 11.3 Å². The molecule has 1 aromatic rings. The van der Waals surface area contributed by atoms with Crippen molar-refractivity contribution in [2.75, 3.05) is 18.4 Å². The number of anilines is 1. The summed E-state index contributed by atoms with van der Waals surface area (Å²) in [7, 11) is 0. The van der Waals surface area contributed by atoms with Crippen molar-refractivity contribution < 1.29 is 9.59 Å². The van der Waals surface area contributed by atoms with Crippen LogP contribution in [0.15, 0.2) is 48.6 Å². The first-order valence-electron chi connectivity index (χ1n) is 7.71. The van der Waals surface area contributed by atoms with Crippen LogP contribution < -0.4 is 5.32 Å². The molecule has 2 rings (SSSR count). The Morgan fingerprint density at radius 1 is 1.09 bits per heavy atom. The summed E-state index contributed by atoms with van der Waals surface area (Å²) in [5.41, 5.74) is 1.12. The molecular formula is C18H22N2O2. The Morgan fingerprint density at radius 2 is 1.82 bits per heavy atom. The first-order valence-corrected chi connectivity index (χ1v) is 7.71. The van der Waals surface area contributed by atoms with Crippen molar-refractivity contribution in [1.82, 2.24) is 4.90 Å². The molecule has 4 nitrogen and oxygen atoms in total. The number of carbonyl (C=O) groups is 2. The zero-order chi connectivity index (χ0) is 15.8. The van der Waals surface area contributed by atoms with Crippen molar-refractivity contribution in [3.8, 4) is 0 Å². The highest BCUT2D eigenvalue weighted by Crippen LogP contribution is 2.20. The second-order valence-electron chi connectivity index (χ2n) is 5.27. The van der Waals surface area contributed by atoms with E-state index in [1.54, 1.807) is 24.3 Å². The molecule has 1 heterocycles. The molecule has 22 heavy (non-hydrogen) atoms. The number of piperidine rings is 1. The number of allylic oxidation sites excluding steroid dienone is 3. The SMILES string of the molecule is CC=CC=CC(=O)Nc1ccccc1C(=O)N1CCCCC1. The zero-order valence-electron chi connectivity index (χ0n) is 12.9. The average Bonchev–Trinajstić information content (AvgIpc) is 2.56. The quantitative estimate of drug-likeness (QED) is 0.684. The summed E-state index contributed by atoms with van der Waals surface area (Å²) in [6, 6.07) is 7.17. The molecular weight excluding hydrogens is 276 g/mol. The fraction of sp³-hybridized carbons (Fsp3) is 0.333. The zero-order valence-corrected chi connectivity index (χ0v) is 12.9. The second-order valence-corrected chi connectivity index (χ2v) is 5.27. The Morgan fingerprint density at radius 3 is 2.55 bits per heavy atom. The van der Waals surface area contributed by atoms with Crippen molar-refractivity contribution in [2.45, 2.75) is 26.2 Å². The molecule has 1 aromatic carbocycles. The first-order chi connectivity index (χ1) is 10.7. The summed E-state index contributed by atoms with van der Waals surface area (Å²) < 4.78 is 0. The Bertz CT molecular complexity index is 585. The third-order valence-corrected chi connectivity index (χ3v) is 3.61. The van der Waals surface area contributed by atoms with Crippen LogP contribution in [-0.2, 0) is 4.79 Å². The molecule has 0 saturated carbocycles. The van der Waals surface area contributed by atoms with Crippen LogP contribution in [0.5, 0.6) is 0 Å². The molecule has 1 fully saturated rings. The average molecular weight is 298 g/mol. The van der Waals surface area contributed by atoms with E-state index in [2.05, 4.69) is 5.32 Å². The molecule has 4 heteroatoms. The minimum absolute atomic E-state index is 0.00645. The predicted molar refractivity (Wildman–Crippen MR) is 88.8 cm³/mol. The van der Waals surface area contributed by atoms with Gasteiger partial charge in [0.25, 0.3) is 5.91 Å². The number of hydrogen-bond acceptors (Lipinski definition) is 2. The summed E-state index contributed by atoms with van der Waals surface area (Å²) in [4.78, 5) is 26.4. The Hall–Kier alpha value is -2.36.